The number of pyridine rings is 1. The van der Waals surface area contributed by atoms with Crippen LogP contribution in [0, 0.1) is 5.41 Å². The molecule has 1 saturated carbocycles. The number of anilines is 1. The minimum Gasteiger partial charge on any atom is -0.457 e. The third-order valence-electron chi connectivity index (χ3n) is 6.64. The van der Waals surface area contributed by atoms with Crippen LogP contribution in [0.4, 0.5) is 5.13 Å². The molecule has 1 aliphatic heterocycles. The second kappa shape index (κ2) is 12.3. The van der Waals surface area contributed by atoms with Crippen LogP contribution in [0.5, 0.6) is 11.5 Å². The first-order valence-corrected chi connectivity index (χ1v) is 13.6. The van der Waals surface area contributed by atoms with Crippen LogP contribution in [-0.4, -0.2) is 66.5 Å². The number of allylic oxidation sites excluding steroid dienone is 1. The molecule has 2 aromatic heterocycles. The van der Waals surface area contributed by atoms with Crippen molar-refractivity contribution in [3.8, 4) is 11.5 Å². The van der Waals surface area contributed by atoms with Gasteiger partial charge in [0.25, 0.3) is 0 Å². The SMILES string of the molecule is N=C/C(=C\NCCN1CCOCC1)c1cc(Oc2ccc3nc(NC4CCCCC4)sc3c2)ccn1. The lowest BCUT2D eigenvalue weighted by Crippen LogP contribution is -2.39. The van der Waals surface area contributed by atoms with Crippen molar-refractivity contribution in [1.82, 2.24) is 20.2 Å². The summed E-state index contributed by atoms with van der Waals surface area (Å²) in [7, 11) is 0. The number of hydrogen-bond acceptors (Lipinski definition) is 9. The molecule has 190 valence electrons. The Morgan fingerprint density at radius 3 is 2.81 bits per heavy atom. The van der Waals surface area contributed by atoms with Crippen molar-refractivity contribution < 1.29 is 9.47 Å². The number of aromatic nitrogens is 2. The van der Waals surface area contributed by atoms with Crippen LogP contribution in [0.25, 0.3) is 15.8 Å². The Labute approximate surface area is 216 Å². The Morgan fingerprint density at radius 2 is 1.97 bits per heavy atom. The Bertz CT molecular complexity index is 1180. The Kier molecular flexibility index (Phi) is 8.43. The average Bonchev–Trinajstić information content (AvgIpc) is 3.31. The molecule has 1 saturated heterocycles. The molecule has 0 spiro atoms. The highest BCUT2D eigenvalue weighted by atomic mass is 32.1. The highest BCUT2D eigenvalue weighted by Gasteiger charge is 2.15. The van der Waals surface area contributed by atoms with Crippen molar-refractivity contribution >= 4 is 38.5 Å². The van der Waals surface area contributed by atoms with E-state index in [2.05, 4.69) is 20.5 Å². The van der Waals surface area contributed by atoms with Gasteiger partial charge in [0.2, 0.25) is 0 Å². The van der Waals surface area contributed by atoms with Gasteiger partial charge >= 0.3 is 0 Å². The lowest BCUT2D eigenvalue weighted by molar-refractivity contribution is 0.0388. The minimum atomic E-state index is 0.537. The van der Waals surface area contributed by atoms with Crippen molar-refractivity contribution in [2.45, 2.75) is 38.1 Å². The Hall–Kier alpha value is -3.01. The van der Waals surface area contributed by atoms with Crippen molar-refractivity contribution in [2.75, 3.05) is 44.7 Å². The van der Waals surface area contributed by atoms with Gasteiger partial charge in [0.15, 0.2) is 5.13 Å². The number of morpholine rings is 1. The third kappa shape index (κ3) is 6.60. The van der Waals surface area contributed by atoms with Crippen molar-refractivity contribution in [1.29, 1.82) is 5.41 Å². The van der Waals surface area contributed by atoms with Crippen LogP contribution in [0.15, 0.2) is 42.7 Å². The molecule has 3 heterocycles. The maximum Gasteiger partial charge on any atom is 0.184 e. The summed E-state index contributed by atoms with van der Waals surface area (Å²) in [5.74, 6) is 1.45. The molecular formula is C27H34N6O2S. The van der Waals surface area contributed by atoms with Crippen LogP contribution in [0.3, 0.4) is 0 Å². The van der Waals surface area contributed by atoms with Crippen LogP contribution in [0.1, 0.15) is 37.8 Å². The summed E-state index contributed by atoms with van der Waals surface area (Å²) in [5.41, 5.74) is 2.39. The molecular weight excluding hydrogens is 472 g/mol. The fraction of sp³-hybridized carbons (Fsp3) is 0.444. The summed E-state index contributed by atoms with van der Waals surface area (Å²) in [4.78, 5) is 11.6. The maximum atomic E-state index is 7.85. The van der Waals surface area contributed by atoms with Crippen LogP contribution in [-0.2, 0) is 4.74 Å². The van der Waals surface area contributed by atoms with E-state index in [0.717, 1.165) is 60.5 Å². The van der Waals surface area contributed by atoms with E-state index in [9.17, 15) is 0 Å². The van der Waals surface area contributed by atoms with E-state index in [1.807, 2.05) is 36.5 Å². The van der Waals surface area contributed by atoms with Crippen LogP contribution in [0.2, 0.25) is 0 Å². The predicted octanol–water partition coefficient (Wildman–Crippen LogP) is 5.14. The Balaban J connectivity index is 1.21. The van der Waals surface area contributed by atoms with Gasteiger partial charge in [0.05, 0.1) is 29.1 Å². The summed E-state index contributed by atoms with van der Waals surface area (Å²) in [6, 6.07) is 10.2. The van der Waals surface area contributed by atoms with E-state index < -0.39 is 0 Å². The van der Waals surface area contributed by atoms with Gasteiger partial charge in [0.1, 0.15) is 11.5 Å². The standard InChI is InChI=1S/C27H34N6O2S/c28-18-20(19-29-10-11-33-12-14-34-15-13-33)25-16-23(8-9-30-25)35-22-6-7-24-26(17-22)36-27(32-24)31-21-4-2-1-3-5-21/h6-9,16-19,21,28-29H,1-5,10-15H2,(H,31,32)/b20-19+,28-18?. The van der Waals surface area contributed by atoms with Crippen molar-refractivity contribution in [2.24, 2.45) is 0 Å². The molecule has 0 amide bonds. The molecule has 9 heteroatoms. The molecule has 3 N–H and O–H groups in total. The number of ether oxygens (including phenoxy) is 2. The summed E-state index contributed by atoms with van der Waals surface area (Å²) in [5, 5.41) is 15.8. The van der Waals surface area contributed by atoms with Gasteiger partial charge in [-0.25, -0.2) is 4.98 Å². The van der Waals surface area contributed by atoms with Crippen molar-refractivity contribution in [3.63, 3.8) is 0 Å². The normalized spacial score (nSPS) is 17.7. The van der Waals surface area contributed by atoms with E-state index in [-0.39, 0.29) is 0 Å². The second-order valence-electron chi connectivity index (χ2n) is 9.26. The molecule has 0 unspecified atom stereocenters. The van der Waals surface area contributed by atoms with Gasteiger partial charge in [-0.15, -0.1) is 0 Å². The largest absolute Gasteiger partial charge is 0.457 e. The number of hydrogen-bond donors (Lipinski definition) is 3. The lowest BCUT2D eigenvalue weighted by atomic mass is 9.96. The van der Waals surface area contributed by atoms with Gasteiger partial charge in [-0.1, -0.05) is 30.6 Å². The fourth-order valence-corrected chi connectivity index (χ4v) is 5.61. The molecule has 0 bridgehead atoms. The van der Waals surface area contributed by atoms with E-state index in [4.69, 9.17) is 19.9 Å². The fourth-order valence-electron chi connectivity index (χ4n) is 4.64. The van der Waals surface area contributed by atoms with Gasteiger partial charge in [-0.2, -0.15) is 0 Å². The molecule has 8 nitrogen and oxygen atoms in total. The average molecular weight is 507 g/mol. The lowest BCUT2D eigenvalue weighted by Gasteiger charge is -2.26. The summed E-state index contributed by atoms with van der Waals surface area (Å²) < 4.78 is 12.7. The smallest absolute Gasteiger partial charge is 0.184 e. The third-order valence-corrected chi connectivity index (χ3v) is 7.59. The van der Waals surface area contributed by atoms with E-state index >= 15 is 0 Å². The quantitative estimate of drug-likeness (QED) is 0.259. The zero-order valence-electron chi connectivity index (χ0n) is 20.5. The van der Waals surface area contributed by atoms with Crippen molar-refractivity contribution in [3.05, 3.63) is 48.4 Å². The first kappa shape index (κ1) is 24.7. The van der Waals surface area contributed by atoms with Gasteiger partial charge in [-0.3, -0.25) is 9.88 Å². The van der Waals surface area contributed by atoms with E-state index in [1.165, 1.54) is 38.3 Å². The number of nitrogens with one attached hydrogen (secondary N) is 3. The molecule has 2 fully saturated rings. The van der Waals surface area contributed by atoms with E-state index in [1.54, 1.807) is 17.5 Å². The second-order valence-corrected chi connectivity index (χ2v) is 10.3. The molecule has 36 heavy (non-hydrogen) atoms. The molecule has 5 rings (SSSR count). The molecule has 1 aromatic carbocycles. The Morgan fingerprint density at radius 1 is 1.14 bits per heavy atom. The van der Waals surface area contributed by atoms with Gasteiger partial charge < -0.3 is 25.5 Å². The zero-order valence-corrected chi connectivity index (χ0v) is 21.4. The topological polar surface area (TPSA) is 95.4 Å². The van der Waals surface area contributed by atoms with E-state index in [0.29, 0.717) is 23.1 Å². The van der Waals surface area contributed by atoms with Gasteiger partial charge in [0, 0.05) is 68.5 Å². The molecule has 0 atom stereocenters. The summed E-state index contributed by atoms with van der Waals surface area (Å²) >= 11 is 1.68. The first-order valence-electron chi connectivity index (χ1n) is 12.8. The molecule has 0 radical (unpaired) electrons. The number of thiazole rings is 1. The molecule has 2 aliphatic rings. The summed E-state index contributed by atoms with van der Waals surface area (Å²) in [6.45, 7) is 5.28. The first-order chi connectivity index (χ1) is 17.8. The number of fused-ring (bicyclic) bond motifs is 1. The van der Waals surface area contributed by atoms with Crippen LogP contribution < -0.4 is 15.4 Å². The number of nitrogens with zero attached hydrogens (tertiary/aromatic N) is 3. The minimum absolute atomic E-state index is 0.537. The zero-order chi connectivity index (χ0) is 24.6. The molecule has 1 aliphatic carbocycles. The number of rotatable bonds is 10. The monoisotopic (exact) mass is 506 g/mol. The molecule has 3 aromatic rings. The highest BCUT2D eigenvalue weighted by Crippen LogP contribution is 2.33. The number of benzene rings is 1. The van der Waals surface area contributed by atoms with Crippen LogP contribution >= 0.6 is 11.3 Å². The predicted molar refractivity (Wildman–Crippen MR) is 146 cm³/mol. The highest BCUT2D eigenvalue weighted by molar-refractivity contribution is 7.22. The maximum absolute atomic E-state index is 7.85. The van der Waals surface area contributed by atoms with Gasteiger partial charge in [-0.05, 0) is 31.0 Å². The summed E-state index contributed by atoms with van der Waals surface area (Å²) in [6.07, 6.45) is 11.3.